The molecule has 1 aliphatic rings. The van der Waals surface area contributed by atoms with Crippen molar-refractivity contribution in [2.75, 3.05) is 18.0 Å². The highest BCUT2D eigenvalue weighted by Crippen LogP contribution is 2.22. The number of hydrogen-bond donors (Lipinski definition) is 1. The van der Waals surface area contributed by atoms with Crippen LogP contribution in [-0.2, 0) is 6.54 Å². The van der Waals surface area contributed by atoms with Crippen LogP contribution in [0, 0.1) is 11.6 Å². The van der Waals surface area contributed by atoms with Gasteiger partial charge >= 0.3 is 0 Å². The zero-order valence-corrected chi connectivity index (χ0v) is 12.5. The molecule has 1 aromatic carbocycles. The monoisotopic (exact) mass is 308 g/mol. The smallest absolute Gasteiger partial charge is 0.160 e. The van der Waals surface area contributed by atoms with Crippen molar-refractivity contribution in [3.63, 3.8) is 0 Å². The van der Waals surface area contributed by atoms with Crippen LogP contribution in [0.25, 0.3) is 0 Å². The second kappa shape index (κ2) is 6.54. The third-order valence-electron chi connectivity index (χ3n) is 3.94. The standard InChI is InChI=1S/C16H18F2N2S/c17-15-2-1-14(9-16(15)18)20-6-3-13(4-7-20)19-10-12-5-8-21-11-12/h1-2,5,8-9,11,13,19H,3-4,6-7,10H2. The predicted molar refractivity (Wildman–Crippen MR) is 82.8 cm³/mol. The molecule has 2 aromatic rings. The molecule has 1 aliphatic heterocycles. The Labute approximate surface area is 127 Å². The summed E-state index contributed by atoms with van der Waals surface area (Å²) in [5.41, 5.74) is 2.09. The molecular formula is C16H18F2N2S. The van der Waals surface area contributed by atoms with Crippen LogP contribution in [0.2, 0.25) is 0 Å². The van der Waals surface area contributed by atoms with Crippen molar-refractivity contribution < 1.29 is 8.78 Å². The Morgan fingerprint density at radius 3 is 2.62 bits per heavy atom. The Morgan fingerprint density at radius 2 is 1.95 bits per heavy atom. The van der Waals surface area contributed by atoms with Crippen LogP contribution in [0.15, 0.2) is 35.0 Å². The van der Waals surface area contributed by atoms with Gasteiger partial charge in [-0.3, -0.25) is 0 Å². The first kappa shape index (κ1) is 14.5. The van der Waals surface area contributed by atoms with Gasteiger partial charge in [-0.15, -0.1) is 0 Å². The molecule has 5 heteroatoms. The van der Waals surface area contributed by atoms with Crippen LogP contribution in [0.1, 0.15) is 18.4 Å². The van der Waals surface area contributed by atoms with Crippen LogP contribution < -0.4 is 10.2 Å². The highest BCUT2D eigenvalue weighted by atomic mass is 32.1. The Kier molecular flexibility index (Phi) is 4.51. The third kappa shape index (κ3) is 3.60. The molecular weight excluding hydrogens is 290 g/mol. The van der Waals surface area contributed by atoms with E-state index in [4.69, 9.17) is 0 Å². The summed E-state index contributed by atoms with van der Waals surface area (Å²) in [5, 5.41) is 7.80. The normalized spacial score (nSPS) is 16.4. The molecule has 1 fully saturated rings. The molecule has 21 heavy (non-hydrogen) atoms. The molecule has 0 bridgehead atoms. The van der Waals surface area contributed by atoms with E-state index in [1.807, 2.05) is 0 Å². The first-order valence-corrected chi connectivity index (χ1v) is 8.11. The molecule has 112 valence electrons. The zero-order chi connectivity index (χ0) is 14.7. The minimum Gasteiger partial charge on any atom is -0.371 e. The van der Waals surface area contributed by atoms with Crippen molar-refractivity contribution in [2.24, 2.45) is 0 Å². The maximum atomic E-state index is 13.3. The SMILES string of the molecule is Fc1ccc(N2CCC(NCc3ccsc3)CC2)cc1F. The molecule has 0 radical (unpaired) electrons. The molecule has 2 nitrogen and oxygen atoms in total. The van der Waals surface area contributed by atoms with Gasteiger partial charge in [-0.1, -0.05) is 0 Å². The van der Waals surface area contributed by atoms with Gasteiger partial charge < -0.3 is 10.2 Å². The number of benzene rings is 1. The third-order valence-corrected chi connectivity index (χ3v) is 4.67. The summed E-state index contributed by atoms with van der Waals surface area (Å²) in [5.74, 6) is -1.56. The summed E-state index contributed by atoms with van der Waals surface area (Å²) in [6.45, 7) is 2.64. The van der Waals surface area contributed by atoms with E-state index in [-0.39, 0.29) is 0 Å². The first-order chi connectivity index (χ1) is 10.2. The van der Waals surface area contributed by atoms with E-state index >= 15 is 0 Å². The van der Waals surface area contributed by atoms with Gasteiger partial charge in [0.25, 0.3) is 0 Å². The number of hydrogen-bond acceptors (Lipinski definition) is 3. The van der Waals surface area contributed by atoms with Gasteiger partial charge in [0.2, 0.25) is 0 Å². The quantitative estimate of drug-likeness (QED) is 0.924. The van der Waals surface area contributed by atoms with Gasteiger partial charge in [-0.2, -0.15) is 11.3 Å². The molecule has 0 spiro atoms. The van der Waals surface area contributed by atoms with Crippen LogP contribution in [-0.4, -0.2) is 19.1 Å². The molecule has 0 aliphatic carbocycles. The zero-order valence-electron chi connectivity index (χ0n) is 11.7. The van der Waals surface area contributed by atoms with Gasteiger partial charge in [0.05, 0.1) is 0 Å². The maximum Gasteiger partial charge on any atom is 0.160 e. The molecule has 1 N–H and O–H groups in total. The average Bonchev–Trinajstić information content (AvgIpc) is 3.02. The molecule has 0 atom stereocenters. The number of nitrogens with zero attached hydrogens (tertiary/aromatic N) is 1. The molecule has 0 unspecified atom stereocenters. The van der Waals surface area contributed by atoms with E-state index in [2.05, 4.69) is 27.0 Å². The molecule has 3 rings (SSSR count). The fourth-order valence-corrected chi connectivity index (χ4v) is 3.35. The summed E-state index contributed by atoms with van der Waals surface area (Å²) in [6, 6.07) is 6.76. The topological polar surface area (TPSA) is 15.3 Å². The molecule has 1 saturated heterocycles. The minimum atomic E-state index is -0.786. The van der Waals surface area contributed by atoms with Crippen LogP contribution in [0.5, 0.6) is 0 Å². The highest BCUT2D eigenvalue weighted by molar-refractivity contribution is 7.07. The lowest BCUT2D eigenvalue weighted by Gasteiger charge is -2.34. The fraction of sp³-hybridized carbons (Fsp3) is 0.375. The van der Waals surface area contributed by atoms with Crippen molar-refractivity contribution in [3.05, 3.63) is 52.2 Å². The lowest BCUT2D eigenvalue weighted by atomic mass is 10.0. The van der Waals surface area contributed by atoms with Gasteiger partial charge in [0, 0.05) is 37.4 Å². The van der Waals surface area contributed by atoms with Crippen molar-refractivity contribution in [3.8, 4) is 0 Å². The number of anilines is 1. The van der Waals surface area contributed by atoms with E-state index < -0.39 is 11.6 Å². The first-order valence-electron chi connectivity index (χ1n) is 7.17. The largest absolute Gasteiger partial charge is 0.371 e. The van der Waals surface area contributed by atoms with Crippen molar-refractivity contribution in [1.82, 2.24) is 5.32 Å². The van der Waals surface area contributed by atoms with Crippen LogP contribution in [0.3, 0.4) is 0 Å². The lowest BCUT2D eigenvalue weighted by Crippen LogP contribution is -2.42. The Balaban J connectivity index is 1.51. The summed E-state index contributed by atoms with van der Waals surface area (Å²) < 4.78 is 26.2. The highest BCUT2D eigenvalue weighted by Gasteiger charge is 2.19. The Hall–Kier alpha value is -1.46. The average molecular weight is 308 g/mol. The summed E-state index contributed by atoms with van der Waals surface area (Å²) >= 11 is 1.71. The van der Waals surface area contributed by atoms with Crippen molar-refractivity contribution in [1.29, 1.82) is 0 Å². The lowest BCUT2D eigenvalue weighted by molar-refractivity contribution is 0.413. The van der Waals surface area contributed by atoms with E-state index in [9.17, 15) is 8.78 Å². The Bertz CT molecular complexity index is 578. The van der Waals surface area contributed by atoms with Gasteiger partial charge in [-0.05, 0) is 47.4 Å². The summed E-state index contributed by atoms with van der Waals surface area (Å²) in [4.78, 5) is 2.12. The van der Waals surface area contributed by atoms with Crippen LogP contribution >= 0.6 is 11.3 Å². The number of nitrogens with one attached hydrogen (secondary N) is 1. The number of thiophene rings is 1. The summed E-state index contributed by atoms with van der Waals surface area (Å²) in [7, 11) is 0. The predicted octanol–water partition coefficient (Wildman–Crippen LogP) is 3.78. The molecule has 2 heterocycles. The molecule has 0 saturated carbocycles. The van der Waals surface area contributed by atoms with Crippen molar-refractivity contribution in [2.45, 2.75) is 25.4 Å². The van der Waals surface area contributed by atoms with E-state index in [0.29, 0.717) is 6.04 Å². The Morgan fingerprint density at radius 1 is 1.14 bits per heavy atom. The second-order valence-corrected chi connectivity index (χ2v) is 6.15. The number of piperidine rings is 1. The number of halogens is 2. The van der Waals surface area contributed by atoms with Gasteiger partial charge in [-0.25, -0.2) is 8.78 Å². The minimum absolute atomic E-state index is 0.492. The second-order valence-electron chi connectivity index (χ2n) is 5.37. The maximum absolute atomic E-state index is 13.3. The van der Waals surface area contributed by atoms with E-state index in [1.54, 1.807) is 17.4 Å². The van der Waals surface area contributed by atoms with Gasteiger partial charge in [0.1, 0.15) is 0 Å². The van der Waals surface area contributed by atoms with Gasteiger partial charge in [0.15, 0.2) is 11.6 Å². The van der Waals surface area contributed by atoms with Crippen molar-refractivity contribution >= 4 is 17.0 Å². The van der Waals surface area contributed by atoms with E-state index in [1.165, 1.54) is 17.7 Å². The van der Waals surface area contributed by atoms with E-state index in [0.717, 1.165) is 38.2 Å². The fourth-order valence-electron chi connectivity index (χ4n) is 2.68. The van der Waals surface area contributed by atoms with Crippen LogP contribution in [0.4, 0.5) is 14.5 Å². The molecule has 1 aromatic heterocycles. The molecule has 0 amide bonds. The number of rotatable bonds is 4. The summed E-state index contributed by atoms with van der Waals surface area (Å²) in [6.07, 6.45) is 2.03.